The Morgan fingerprint density at radius 1 is 1.31 bits per heavy atom. The summed E-state index contributed by atoms with van der Waals surface area (Å²) in [6.45, 7) is 4.87. The lowest BCUT2D eigenvalue weighted by Crippen LogP contribution is -2.37. The Labute approximate surface area is 153 Å². The monoisotopic (exact) mass is 365 g/mol. The van der Waals surface area contributed by atoms with Gasteiger partial charge in [-0.15, -0.1) is 0 Å². The molecule has 1 aliphatic rings. The zero-order chi connectivity index (χ0) is 19.3. The topological polar surface area (TPSA) is 85.3 Å². The molecule has 2 rings (SSSR count). The van der Waals surface area contributed by atoms with Gasteiger partial charge in [0.25, 0.3) is 5.91 Å². The second-order valence-corrected chi connectivity index (χ2v) is 6.87. The van der Waals surface area contributed by atoms with Crippen LogP contribution < -0.4 is 9.47 Å². The highest BCUT2D eigenvalue weighted by Crippen LogP contribution is 2.30. The number of hydrogen-bond donors (Lipinski definition) is 1. The minimum Gasteiger partial charge on any atom is -0.497 e. The summed E-state index contributed by atoms with van der Waals surface area (Å²) >= 11 is 0. The third kappa shape index (κ3) is 4.88. The summed E-state index contributed by atoms with van der Waals surface area (Å²) < 4.78 is 16.4. The van der Waals surface area contributed by atoms with Crippen molar-refractivity contribution < 1.29 is 28.9 Å². The van der Waals surface area contributed by atoms with E-state index in [4.69, 9.17) is 19.3 Å². The molecule has 1 aliphatic heterocycles. The average molecular weight is 365 g/mol. The molecule has 0 spiro atoms. The number of ether oxygens (including phenoxy) is 3. The second kappa shape index (κ2) is 8.89. The van der Waals surface area contributed by atoms with Crippen LogP contribution in [0.3, 0.4) is 0 Å². The van der Waals surface area contributed by atoms with Crippen molar-refractivity contribution in [3.8, 4) is 11.5 Å². The van der Waals surface area contributed by atoms with Gasteiger partial charge in [0, 0.05) is 25.8 Å². The molecular formula is C19H27NO6. The molecule has 1 fully saturated rings. The highest BCUT2D eigenvalue weighted by atomic mass is 16.5. The highest BCUT2D eigenvalue weighted by molar-refractivity contribution is 5.97. The second-order valence-electron chi connectivity index (χ2n) is 6.87. The van der Waals surface area contributed by atoms with E-state index in [1.807, 2.05) is 13.8 Å². The molecule has 1 aromatic rings. The SMILES string of the molecule is COc1ccc(C(=O)N2CC(OC)CC2CC(=O)O)c(OCC(C)C)c1. The molecule has 0 bridgehead atoms. The van der Waals surface area contributed by atoms with Crippen molar-refractivity contribution in [3.05, 3.63) is 23.8 Å². The zero-order valence-electron chi connectivity index (χ0n) is 15.7. The highest BCUT2D eigenvalue weighted by Gasteiger charge is 2.37. The van der Waals surface area contributed by atoms with E-state index in [1.54, 1.807) is 37.3 Å². The predicted molar refractivity (Wildman–Crippen MR) is 95.8 cm³/mol. The van der Waals surface area contributed by atoms with E-state index in [0.29, 0.717) is 42.6 Å². The molecule has 26 heavy (non-hydrogen) atoms. The smallest absolute Gasteiger partial charge is 0.305 e. The van der Waals surface area contributed by atoms with Gasteiger partial charge in [0.05, 0.1) is 31.8 Å². The first-order valence-electron chi connectivity index (χ1n) is 8.72. The molecule has 2 atom stereocenters. The fraction of sp³-hybridized carbons (Fsp3) is 0.579. The largest absolute Gasteiger partial charge is 0.497 e. The average Bonchev–Trinajstić information content (AvgIpc) is 3.01. The summed E-state index contributed by atoms with van der Waals surface area (Å²) in [6, 6.07) is 4.65. The van der Waals surface area contributed by atoms with Crippen LogP contribution in [0.1, 0.15) is 37.0 Å². The van der Waals surface area contributed by atoms with Crippen molar-refractivity contribution in [2.75, 3.05) is 27.4 Å². The molecule has 0 aromatic heterocycles. The summed E-state index contributed by atoms with van der Waals surface area (Å²) in [5.74, 6) is 0.151. The number of carboxylic acid groups (broad SMARTS) is 1. The van der Waals surface area contributed by atoms with Crippen LogP contribution in [0.25, 0.3) is 0 Å². The van der Waals surface area contributed by atoms with Crippen LogP contribution in [-0.2, 0) is 9.53 Å². The molecule has 0 radical (unpaired) electrons. The van der Waals surface area contributed by atoms with Crippen molar-refractivity contribution in [3.63, 3.8) is 0 Å². The number of nitrogens with zero attached hydrogens (tertiary/aromatic N) is 1. The number of benzene rings is 1. The number of aliphatic carboxylic acids is 1. The lowest BCUT2D eigenvalue weighted by atomic mass is 10.1. The first kappa shape index (κ1) is 20.0. The molecule has 1 amide bonds. The van der Waals surface area contributed by atoms with Gasteiger partial charge in [-0.1, -0.05) is 13.8 Å². The number of carbonyl (C=O) groups excluding carboxylic acids is 1. The Balaban J connectivity index is 2.29. The first-order valence-corrected chi connectivity index (χ1v) is 8.72. The Kier molecular flexibility index (Phi) is 6.85. The fourth-order valence-electron chi connectivity index (χ4n) is 3.03. The lowest BCUT2D eigenvalue weighted by molar-refractivity contribution is -0.137. The molecule has 0 aliphatic carbocycles. The maximum Gasteiger partial charge on any atom is 0.305 e. The van der Waals surface area contributed by atoms with Gasteiger partial charge in [-0.3, -0.25) is 9.59 Å². The molecule has 2 unspecified atom stereocenters. The lowest BCUT2D eigenvalue weighted by Gasteiger charge is -2.24. The third-order valence-corrected chi connectivity index (χ3v) is 4.37. The Hall–Kier alpha value is -2.28. The van der Waals surface area contributed by atoms with Crippen LogP contribution in [0.5, 0.6) is 11.5 Å². The van der Waals surface area contributed by atoms with E-state index in [0.717, 1.165) is 0 Å². The summed E-state index contributed by atoms with van der Waals surface area (Å²) in [5, 5.41) is 9.15. The van der Waals surface area contributed by atoms with E-state index in [1.165, 1.54) is 0 Å². The van der Waals surface area contributed by atoms with Crippen molar-refractivity contribution in [2.45, 2.75) is 38.8 Å². The van der Waals surface area contributed by atoms with Crippen LogP contribution in [0.2, 0.25) is 0 Å². The molecular weight excluding hydrogens is 338 g/mol. The number of likely N-dealkylation sites (tertiary alicyclic amines) is 1. The van der Waals surface area contributed by atoms with Crippen LogP contribution in [0.4, 0.5) is 0 Å². The Morgan fingerprint density at radius 3 is 2.62 bits per heavy atom. The Morgan fingerprint density at radius 2 is 2.04 bits per heavy atom. The number of carboxylic acids is 1. The third-order valence-electron chi connectivity index (χ3n) is 4.37. The van der Waals surface area contributed by atoms with E-state index in [9.17, 15) is 9.59 Å². The summed E-state index contributed by atoms with van der Waals surface area (Å²) in [7, 11) is 3.12. The number of amides is 1. The summed E-state index contributed by atoms with van der Waals surface area (Å²) in [6.07, 6.45) is 0.234. The molecule has 1 saturated heterocycles. The van der Waals surface area contributed by atoms with Crippen molar-refractivity contribution in [2.24, 2.45) is 5.92 Å². The molecule has 1 N–H and O–H groups in total. The van der Waals surface area contributed by atoms with Gasteiger partial charge in [0.2, 0.25) is 0 Å². The minimum atomic E-state index is -0.935. The van der Waals surface area contributed by atoms with E-state index >= 15 is 0 Å². The van der Waals surface area contributed by atoms with Crippen LogP contribution >= 0.6 is 0 Å². The first-order chi connectivity index (χ1) is 12.3. The molecule has 1 aromatic carbocycles. The van der Waals surface area contributed by atoms with Gasteiger partial charge in [0.1, 0.15) is 11.5 Å². The Bertz CT molecular complexity index is 645. The van der Waals surface area contributed by atoms with Gasteiger partial charge in [-0.2, -0.15) is 0 Å². The van der Waals surface area contributed by atoms with Gasteiger partial charge in [-0.25, -0.2) is 0 Å². The maximum absolute atomic E-state index is 13.1. The minimum absolute atomic E-state index is 0.107. The molecule has 7 heteroatoms. The molecule has 1 heterocycles. The molecule has 7 nitrogen and oxygen atoms in total. The number of methoxy groups -OCH3 is 2. The van der Waals surface area contributed by atoms with Gasteiger partial charge >= 0.3 is 5.97 Å². The predicted octanol–water partition coefficient (Wildman–Crippen LogP) is 2.43. The van der Waals surface area contributed by atoms with Gasteiger partial charge in [-0.05, 0) is 24.5 Å². The number of rotatable bonds is 8. The maximum atomic E-state index is 13.1. The van der Waals surface area contributed by atoms with E-state index in [2.05, 4.69) is 0 Å². The standard InChI is InChI=1S/C19H27NO6/c1-12(2)11-26-17-9-14(24-3)5-6-16(17)19(23)20-10-15(25-4)7-13(20)8-18(21)22/h5-6,9,12-13,15H,7-8,10-11H2,1-4H3,(H,21,22). The molecule has 0 saturated carbocycles. The zero-order valence-corrected chi connectivity index (χ0v) is 15.7. The fourth-order valence-corrected chi connectivity index (χ4v) is 3.03. The number of carbonyl (C=O) groups is 2. The van der Waals surface area contributed by atoms with Crippen LogP contribution in [-0.4, -0.2) is 61.4 Å². The summed E-state index contributed by atoms with van der Waals surface area (Å²) in [4.78, 5) is 25.9. The van der Waals surface area contributed by atoms with E-state index in [-0.39, 0.29) is 18.4 Å². The van der Waals surface area contributed by atoms with Crippen molar-refractivity contribution >= 4 is 11.9 Å². The van der Waals surface area contributed by atoms with Crippen molar-refractivity contribution in [1.29, 1.82) is 0 Å². The van der Waals surface area contributed by atoms with Gasteiger partial charge in [0.15, 0.2) is 0 Å². The van der Waals surface area contributed by atoms with Crippen molar-refractivity contribution in [1.82, 2.24) is 4.90 Å². The van der Waals surface area contributed by atoms with Crippen LogP contribution in [0, 0.1) is 5.92 Å². The number of hydrogen-bond acceptors (Lipinski definition) is 5. The van der Waals surface area contributed by atoms with Crippen LogP contribution in [0.15, 0.2) is 18.2 Å². The summed E-state index contributed by atoms with van der Waals surface area (Å²) in [5.41, 5.74) is 0.401. The van der Waals surface area contributed by atoms with Gasteiger partial charge < -0.3 is 24.2 Å². The molecule has 144 valence electrons. The normalized spacial score (nSPS) is 19.7. The van der Waals surface area contributed by atoms with E-state index < -0.39 is 12.0 Å². The quantitative estimate of drug-likeness (QED) is 0.762.